The lowest BCUT2D eigenvalue weighted by atomic mass is 10.1. The van der Waals surface area contributed by atoms with Gasteiger partial charge in [0.05, 0.1) is 0 Å². The Labute approximate surface area is 132 Å². The van der Waals surface area contributed by atoms with E-state index in [0.29, 0.717) is 5.17 Å². The second-order valence-electron chi connectivity index (χ2n) is 5.21. The number of anilines is 1. The highest BCUT2D eigenvalue weighted by Gasteiger charge is 2.10. The minimum atomic E-state index is 0.448. The molecule has 0 aromatic heterocycles. The molecular weight excluding hydrogens is 278 g/mol. The summed E-state index contributed by atoms with van der Waals surface area (Å²) in [6.07, 6.45) is 1.03. The third kappa shape index (κ3) is 3.82. The molecule has 0 amide bonds. The van der Waals surface area contributed by atoms with Crippen molar-refractivity contribution in [3.05, 3.63) is 59.2 Å². The molecule has 0 unspecified atom stereocenters. The van der Waals surface area contributed by atoms with Crippen LogP contribution in [-0.4, -0.2) is 12.2 Å². The average molecular weight is 299 g/mol. The van der Waals surface area contributed by atoms with Gasteiger partial charge < -0.3 is 9.64 Å². The summed E-state index contributed by atoms with van der Waals surface area (Å²) in [5.41, 5.74) is 4.79. The Balaban J connectivity index is 2.12. The van der Waals surface area contributed by atoms with Crippen LogP contribution in [0.25, 0.3) is 0 Å². The van der Waals surface area contributed by atoms with Crippen molar-refractivity contribution in [1.29, 1.82) is 0 Å². The zero-order valence-corrected chi connectivity index (χ0v) is 13.8. The first kappa shape index (κ1) is 15.5. The molecule has 110 valence electrons. The van der Waals surface area contributed by atoms with Crippen LogP contribution in [0.3, 0.4) is 0 Å². The molecule has 2 rings (SSSR count). The van der Waals surface area contributed by atoms with Gasteiger partial charge in [-0.2, -0.15) is 0 Å². The number of hydrogen-bond donors (Lipinski definition) is 0. The number of hydrogen-bond acceptors (Lipinski definition) is 2. The van der Waals surface area contributed by atoms with Gasteiger partial charge in [0.1, 0.15) is 5.75 Å². The summed E-state index contributed by atoms with van der Waals surface area (Å²) in [6, 6.07) is 14.3. The summed E-state index contributed by atoms with van der Waals surface area (Å²) in [5, 5.41) is 0.448. The Morgan fingerprint density at radius 2 is 1.90 bits per heavy atom. The molecule has 0 bridgehead atoms. The van der Waals surface area contributed by atoms with Crippen molar-refractivity contribution in [2.24, 2.45) is 0 Å². The van der Waals surface area contributed by atoms with Crippen LogP contribution in [-0.2, 0) is 6.42 Å². The van der Waals surface area contributed by atoms with Crippen molar-refractivity contribution in [3.8, 4) is 5.75 Å². The first-order valence-electron chi connectivity index (χ1n) is 7.13. The smallest absolute Gasteiger partial charge is 0.269 e. The van der Waals surface area contributed by atoms with Crippen molar-refractivity contribution in [2.45, 2.75) is 27.2 Å². The Hall–Kier alpha value is -1.87. The zero-order chi connectivity index (χ0) is 15.4. The summed E-state index contributed by atoms with van der Waals surface area (Å²) in [7, 11) is 1.92. The third-order valence-corrected chi connectivity index (χ3v) is 3.92. The fraction of sp³-hybridized carbons (Fsp3) is 0.278. The molecule has 2 aromatic rings. The molecule has 0 heterocycles. The van der Waals surface area contributed by atoms with E-state index in [1.807, 2.05) is 36.2 Å². The highest BCUT2D eigenvalue weighted by Crippen LogP contribution is 2.20. The van der Waals surface area contributed by atoms with E-state index < -0.39 is 0 Å². The summed E-state index contributed by atoms with van der Waals surface area (Å²) < 4.78 is 5.81. The van der Waals surface area contributed by atoms with Gasteiger partial charge >= 0.3 is 0 Å². The molecule has 0 aliphatic heterocycles. The zero-order valence-electron chi connectivity index (χ0n) is 13.0. The van der Waals surface area contributed by atoms with Crippen LogP contribution in [0.1, 0.15) is 23.6 Å². The quantitative estimate of drug-likeness (QED) is 0.764. The lowest BCUT2D eigenvalue weighted by molar-refractivity contribution is 0.551. The van der Waals surface area contributed by atoms with E-state index in [1.165, 1.54) is 16.7 Å². The van der Waals surface area contributed by atoms with Gasteiger partial charge in [-0.25, -0.2) is 0 Å². The van der Waals surface area contributed by atoms with Crippen LogP contribution in [0.5, 0.6) is 5.75 Å². The van der Waals surface area contributed by atoms with Crippen molar-refractivity contribution in [1.82, 2.24) is 0 Å². The maximum absolute atomic E-state index is 5.81. The van der Waals surface area contributed by atoms with Gasteiger partial charge in [0.25, 0.3) is 5.17 Å². The van der Waals surface area contributed by atoms with Gasteiger partial charge in [-0.15, -0.1) is 0 Å². The predicted octanol–water partition coefficient (Wildman–Crippen LogP) is 4.67. The number of ether oxygens (including phenoxy) is 1. The molecule has 2 nitrogen and oxygen atoms in total. The minimum absolute atomic E-state index is 0.448. The standard InChI is InChI=1S/C18H21NOS/c1-5-15-9-10-17(12-14(15)3)20-18(21)19(4)16-8-6-7-13(2)11-16/h6-12H,5H2,1-4H3. The fourth-order valence-corrected chi connectivity index (χ4v) is 2.44. The molecule has 0 N–H and O–H groups in total. The maximum atomic E-state index is 5.81. The molecule has 21 heavy (non-hydrogen) atoms. The summed E-state index contributed by atoms with van der Waals surface area (Å²) in [5.74, 6) is 0.786. The van der Waals surface area contributed by atoms with Crippen LogP contribution in [0, 0.1) is 13.8 Å². The second-order valence-corrected chi connectivity index (χ2v) is 5.56. The molecular formula is C18H21NOS. The first-order valence-corrected chi connectivity index (χ1v) is 7.54. The topological polar surface area (TPSA) is 12.5 Å². The van der Waals surface area contributed by atoms with E-state index >= 15 is 0 Å². The van der Waals surface area contributed by atoms with Crippen molar-refractivity contribution in [2.75, 3.05) is 11.9 Å². The molecule has 0 aliphatic carbocycles. The van der Waals surface area contributed by atoms with Gasteiger partial charge in [-0.3, -0.25) is 0 Å². The summed E-state index contributed by atoms with van der Waals surface area (Å²) in [6.45, 7) is 6.31. The Kier molecular flexibility index (Phi) is 4.97. The number of aryl methyl sites for hydroxylation is 3. The van der Waals surface area contributed by atoms with Crippen molar-refractivity contribution < 1.29 is 4.74 Å². The molecule has 0 aliphatic rings. The summed E-state index contributed by atoms with van der Waals surface area (Å²) >= 11 is 5.39. The van der Waals surface area contributed by atoms with E-state index in [9.17, 15) is 0 Å². The summed E-state index contributed by atoms with van der Waals surface area (Å²) in [4.78, 5) is 1.88. The number of nitrogens with zero attached hydrogens (tertiary/aromatic N) is 1. The Morgan fingerprint density at radius 1 is 1.14 bits per heavy atom. The van der Waals surface area contributed by atoms with Crippen LogP contribution in [0.2, 0.25) is 0 Å². The van der Waals surface area contributed by atoms with Gasteiger partial charge in [-0.05, 0) is 73.4 Å². The van der Waals surface area contributed by atoms with Crippen molar-refractivity contribution >= 4 is 23.1 Å². The average Bonchev–Trinajstić information content (AvgIpc) is 2.46. The third-order valence-electron chi connectivity index (χ3n) is 3.56. The molecule has 0 saturated carbocycles. The Morgan fingerprint density at radius 3 is 2.52 bits per heavy atom. The molecule has 0 fully saturated rings. The Bertz CT molecular complexity index is 651. The fourth-order valence-electron chi connectivity index (χ4n) is 2.24. The largest absolute Gasteiger partial charge is 0.432 e. The van der Waals surface area contributed by atoms with Crippen LogP contribution in [0.4, 0.5) is 5.69 Å². The highest BCUT2D eigenvalue weighted by atomic mass is 32.1. The van der Waals surface area contributed by atoms with Crippen LogP contribution >= 0.6 is 12.2 Å². The number of benzene rings is 2. The number of thiocarbonyl (C=S) groups is 1. The molecule has 0 radical (unpaired) electrons. The molecule has 3 heteroatoms. The maximum Gasteiger partial charge on any atom is 0.269 e. The van der Waals surface area contributed by atoms with E-state index in [0.717, 1.165) is 17.9 Å². The van der Waals surface area contributed by atoms with E-state index in [-0.39, 0.29) is 0 Å². The van der Waals surface area contributed by atoms with Crippen LogP contribution < -0.4 is 9.64 Å². The minimum Gasteiger partial charge on any atom is -0.432 e. The van der Waals surface area contributed by atoms with Crippen molar-refractivity contribution in [3.63, 3.8) is 0 Å². The van der Waals surface area contributed by atoms with E-state index in [2.05, 4.69) is 39.0 Å². The molecule has 2 aromatic carbocycles. The van der Waals surface area contributed by atoms with Gasteiger partial charge in [-0.1, -0.05) is 25.1 Å². The monoisotopic (exact) mass is 299 g/mol. The SMILES string of the molecule is CCc1ccc(OC(=S)N(C)c2cccc(C)c2)cc1C. The number of rotatable bonds is 3. The van der Waals surface area contributed by atoms with Gasteiger partial charge in [0.2, 0.25) is 0 Å². The lowest BCUT2D eigenvalue weighted by Crippen LogP contribution is -2.29. The molecule has 0 spiro atoms. The first-order chi connectivity index (χ1) is 10.0. The lowest BCUT2D eigenvalue weighted by Gasteiger charge is -2.20. The van der Waals surface area contributed by atoms with E-state index in [1.54, 1.807) is 0 Å². The predicted molar refractivity (Wildman–Crippen MR) is 93.4 cm³/mol. The second kappa shape index (κ2) is 6.72. The molecule has 0 saturated heterocycles. The van der Waals surface area contributed by atoms with Crippen LogP contribution in [0.15, 0.2) is 42.5 Å². The normalized spacial score (nSPS) is 10.3. The van der Waals surface area contributed by atoms with Gasteiger partial charge in [0.15, 0.2) is 0 Å². The van der Waals surface area contributed by atoms with Gasteiger partial charge in [0, 0.05) is 12.7 Å². The molecule has 0 atom stereocenters. The van der Waals surface area contributed by atoms with E-state index in [4.69, 9.17) is 17.0 Å². The highest BCUT2D eigenvalue weighted by molar-refractivity contribution is 7.80.